The summed E-state index contributed by atoms with van der Waals surface area (Å²) in [5, 5.41) is 6.60. The molecular weight excluding hydrogens is 663 g/mol. The number of para-hydroxylation sites is 2. The van der Waals surface area contributed by atoms with Crippen LogP contribution in [0.5, 0.6) is 0 Å². The standard InChI is InChI=1S/C49H29N3O2/c1-2-11-30(12-3-1)47-50-48(35-15-10-14-31(25-35)32-21-23-40-38-17-6-8-19-43(38)53-45(40)28-32)52-49(51-47)42-27-36(26-34-13-4-5-16-37(34)42)33-22-24-41-39-18-7-9-20-44(39)54-46(41)29-33/h1-29H. The van der Waals surface area contributed by atoms with Crippen LogP contribution in [0.4, 0.5) is 0 Å². The minimum absolute atomic E-state index is 0.601. The van der Waals surface area contributed by atoms with Crippen LogP contribution in [0, 0.1) is 0 Å². The second-order valence-corrected chi connectivity index (χ2v) is 13.6. The van der Waals surface area contributed by atoms with Crippen LogP contribution in [-0.4, -0.2) is 15.0 Å². The zero-order chi connectivity index (χ0) is 35.6. The van der Waals surface area contributed by atoms with Gasteiger partial charge in [0.2, 0.25) is 0 Å². The van der Waals surface area contributed by atoms with Gasteiger partial charge in [-0.3, -0.25) is 0 Å². The topological polar surface area (TPSA) is 65.0 Å². The lowest BCUT2D eigenvalue weighted by atomic mass is 9.95. The molecule has 3 aromatic heterocycles. The van der Waals surface area contributed by atoms with E-state index in [9.17, 15) is 0 Å². The number of rotatable bonds is 5. The van der Waals surface area contributed by atoms with Gasteiger partial charge in [0.25, 0.3) is 0 Å². The molecule has 0 amide bonds. The summed E-state index contributed by atoms with van der Waals surface area (Å²) in [6.45, 7) is 0. The van der Waals surface area contributed by atoms with Gasteiger partial charge in [-0.25, -0.2) is 15.0 Å². The highest BCUT2D eigenvalue weighted by Crippen LogP contribution is 2.38. The van der Waals surface area contributed by atoms with Crippen LogP contribution in [0.15, 0.2) is 185 Å². The van der Waals surface area contributed by atoms with Crippen LogP contribution < -0.4 is 0 Å². The van der Waals surface area contributed by atoms with Crippen LogP contribution >= 0.6 is 0 Å². The minimum Gasteiger partial charge on any atom is -0.456 e. The van der Waals surface area contributed by atoms with Crippen molar-refractivity contribution in [2.45, 2.75) is 0 Å². The van der Waals surface area contributed by atoms with Crippen molar-refractivity contribution in [1.29, 1.82) is 0 Å². The highest BCUT2D eigenvalue weighted by Gasteiger charge is 2.17. The van der Waals surface area contributed by atoms with Crippen molar-refractivity contribution >= 4 is 54.6 Å². The van der Waals surface area contributed by atoms with Crippen molar-refractivity contribution in [2.24, 2.45) is 0 Å². The first-order valence-corrected chi connectivity index (χ1v) is 18.0. The molecule has 0 N–H and O–H groups in total. The average molecular weight is 692 g/mol. The highest BCUT2D eigenvalue weighted by molar-refractivity contribution is 6.07. The Labute approximate surface area is 309 Å². The number of furan rings is 2. The molecule has 0 aliphatic carbocycles. The summed E-state index contributed by atoms with van der Waals surface area (Å²) in [4.78, 5) is 15.4. The first-order chi connectivity index (χ1) is 26.7. The number of benzene rings is 8. The molecule has 0 bridgehead atoms. The summed E-state index contributed by atoms with van der Waals surface area (Å²) in [6.07, 6.45) is 0. The molecule has 0 unspecified atom stereocenters. The molecule has 11 aromatic rings. The molecular formula is C49H29N3O2. The Balaban J connectivity index is 1.07. The normalized spacial score (nSPS) is 11.7. The fraction of sp³-hybridized carbons (Fsp3) is 0. The summed E-state index contributed by atoms with van der Waals surface area (Å²) in [7, 11) is 0. The second kappa shape index (κ2) is 12.1. The molecule has 8 aromatic carbocycles. The maximum atomic E-state index is 6.28. The molecule has 54 heavy (non-hydrogen) atoms. The Morgan fingerprint density at radius 3 is 1.48 bits per heavy atom. The Bertz CT molecular complexity index is 3230. The van der Waals surface area contributed by atoms with E-state index in [2.05, 4.69) is 109 Å². The predicted molar refractivity (Wildman–Crippen MR) is 219 cm³/mol. The highest BCUT2D eigenvalue weighted by atomic mass is 16.3. The quantitative estimate of drug-likeness (QED) is 0.180. The lowest BCUT2D eigenvalue weighted by Gasteiger charge is -2.13. The third-order valence-corrected chi connectivity index (χ3v) is 10.3. The van der Waals surface area contributed by atoms with Gasteiger partial charge in [-0.05, 0) is 87.6 Å². The van der Waals surface area contributed by atoms with Crippen LogP contribution in [0.25, 0.3) is 111 Å². The molecule has 0 saturated carbocycles. The van der Waals surface area contributed by atoms with E-state index in [4.69, 9.17) is 23.8 Å². The van der Waals surface area contributed by atoms with Crippen LogP contribution in [0.3, 0.4) is 0 Å². The third kappa shape index (κ3) is 5.06. The van der Waals surface area contributed by atoms with E-state index < -0.39 is 0 Å². The molecule has 5 nitrogen and oxygen atoms in total. The Hall–Kier alpha value is -7.37. The van der Waals surface area contributed by atoms with Gasteiger partial charge in [-0.15, -0.1) is 0 Å². The molecule has 252 valence electrons. The smallest absolute Gasteiger partial charge is 0.164 e. The summed E-state index contributed by atoms with van der Waals surface area (Å²) in [5.74, 6) is 1.82. The summed E-state index contributed by atoms with van der Waals surface area (Å²) in [6, 6.07) is 60.5. The molecule has 0 radical (unpaired) electrons. The maximum absolute atomic E-state index is 6.28. The maximum Gasteiger partial charge on any atom is 0.164 e. The molecule has 11 rings (SSSR count). The van der Waals surface area contributed by atoms with E-state index in [-0.39, 0.29) is 0 Å². The molecule has 0 fully saturated rings. The monoisotopic (exact) mass is 691 g/mol. The van der Waals surface area contributed by atoms with E-state index in [0.717, 1.165) is 93.6 Å². The number of hydrogen-bond acceptors (Lipinski definition) is 5. The Kier molecular flexibility index (Phi) is 6.79. The van der Waals surface area contributed by atoms with Gasteiger partial charge in [0.15, 0.2) is 17.5 Å². The van der Waals surface area contributed by atoms with Crippen molar-refractivity contribution < 1.29 is 8.83 Å². The molecule has 3 heterocycles. The lowest BCUT2D eigenvalue weighted by Crippen LogP contribution is -2.01. The van der Waals surface area contributed by atoms with Crippen molar-refractivity contribution in [2.75, 3.05) is 0 Å². The molecule has 5 heteroatoms. The summed E-state index contributed by atoms with van der Waals surface area (Å²) in [5.41, 5.74) is 10.4. The Morgan fingerprint density at radius 2 is 0.778 bits per heavy atom. The third-order valence-electron chi connectivity index (χ3n) is 10.3. The van der Waals surface area contributed by atoms with E-state index in [1.54, 1.807) is 0 Å². The fourth-order valence-corrected chi connectivity index (χ4v) is 7.65. The zero-order valence-electron chi connectivity index (χ0n) is 28.9. The molecule has 0 atom stereocenters. The van der Waals surface area contributed by atoms with Gasteiger partial charge >= 0.3 is 0 Å². The molecule has 0 aliphatic rings. The van der Waals surface area contributed by atoms with Gasteiger partial charge in [0.1, 0.15) is 22.3 Å². The molecule has 0 spiro atoms. The lowest BCUT2D eigenvalue weighted by molar-refractivity contribution is 0.668. The van der Waals surface area contributed by atoms with Gasteiger partial charge in [-0.2, -0.15) is 0 Å². The van der Waals surface area contributed by atoms with E-state index in [0.29, 0.717) is 17.5 Å². The summed E-state index contributed by atoms with van der Waals surface area (Å²) < 4.78 is 12.5. The van der Waals surface area contributed by atoms with E-state index >= 15 is 0 Å². The van der Waals surface area contributed by atoms with Crippen molar-refractivity contribution in [3.05, 3.63) is 176 Å². The number of aromatic nitrogens is 3. The SMILES string of the molecule is c1ccc(-c2nc(-c3cccc(-c4ccc5c(c4)oc4ccccc45)c3)nc(-c3cc(-c4ccc5c(c4)oc4ccccc45)cc4ccccc34)n2)cc1. The number of hydrogen-bond donors (Lipinski definition) is 0. The predicted octanol–water partition coefficient (Wildman–Crippen LogP) is 13.2. The Morgan fingerprint density at radius 1 is 0.278 bits per heavy atom. The van der Waals surface area contributed by atoms with Crippen molar-refractivity contribution in [1.82, 2.24) is 15.0 Å². The van der Waals surface area contributed by atoms with Crippen LogP contribution in [0.2, 0.25) is 0 Å². The molecule has 0 aliphatic heterocycles. The van der Waals surface area contributed by atoms with Crippen molar-refractivity contribution in [3.8, 4) is 56.4 Å². The largest absolute Gasteiger partial charge is 0.456 e. The first-order valence-electron chi connectivity index (χ1n) is 18.0. The van der Waals surface area contributed by atoms with E-state index in [1.807, 2.05) is 66.7 Å². The average Bonchev–Trinajstić information content (AvgIpc) is 3.81. The number of nitrogens with zero attached hydrogens (tertiary/aromatic N) is 3. The van der Waals surface area contributed by atoms with Crippen LogP contribution in [0.1, 0.15) is 0 Å². The van der Waals surface area contributed by atoms with Gasteiger partial charge in [0.05, 0.1) is 0 Å². The number of fused-ring (bicyclic) bond motifs is 7. The van der Waals surface area contributed by atoms with Crippen LogP contribution in [-0.2, 0) is 0 Å². The second-order valence-electron chi connectivity index (χ2n) is 13.6. The van der Waals surface area contributed by atoms with Gasteiger partial charge in [-0.1, -0.05) is 121 Å². The summed E-state index contributed by atoms with van der Waals surface area (Å²) >= 11 is 0. The molecule has 0 saturated heterocycles. The fourth-order valence-electron chi connectivity index (χ4n) is 7.65. The first kappa shape index (κ1) is 30.3. The van der Waals surface area contributed by atoms with Crippen molar-refractivity contribution in [3.63, 3.8) is 0 Å². The van der Waals surface area contributed by atoms with Gasteiger partial charge in [0, 0.05) is 38.2 Å². The van der Waals surface area contributed by atoms with E-state index in [1.165, 1.54) is 0 Å². The van der Waals surface area contributed by atoms with Gasteiger partial charge < -0.3 is 8.83 Å². The minimum atomic E-state index is 0.601. The zero-order valence-corrected chi connectivity index (χ0v) is 28.9.